The fourth-order valence-corrected chi connectivity index (χ4v) is 5.73. The maximum Gasteiger partial charge on any atom is 0.258 e. The maximum absolute atomic E-state index is 13.9. The van der Waals surface area contributed by atoms with Gasteiger partial charge in [0, 0.05) is 23.3 Å². The molecule has 0 aliphatic heterocycles. The van der Waals surface area contributed by atoms with Crippen molar-refractivity contribution in [3.05, 3.63) is 58.4 Å². The van der Waals surface area contributed by atoms with Crippen molar-refractivity contribution in [3.8, 4) is 11.3 Å². The molecule has 1 fully saturated rings. The van der Waals surface area contributed by atoms with Crippen LogP contribution in [0, 0.1) is 0 Å². The lowest BCUT2D eigenvalue weighted by Gasteiger charge is -2.42. The normalized spacial score (nSPS) is 17.2. The van der Waals surface area contributed by atoms with Gasteiger partial charge in [0.25, 0.3) is 5.56 Å². The highest BCUT2D eigenvalue weighted by molar-refractivity contribution is 7.99. The molecule has 0 bridgehead atoms. The molecule has 1 spiro atoms. The first kappa shape index (κ1) is 19.5. The van der Waals surface area contributed by atoms with Gasteiger partial charge in [0.05, 0.1) is 11.3 Å². The Morgan fingerprint density at radius 1 is 1.25 bits per heavy atom. The Kier molecular flexibility index (Phi) is 5.77. The van der Waals surface area contributed by atoms with Gasteiger partial charge in [-0.15, -0.1) is 6.58 Å². The standard InChI is InChI=1S/C24H30N2OS/c1-3-5-15-26-22(27)20-21(25-23(26)28-16-4-2)19-12-8-7-11-18(19)17-24(20)13-9-6-10-14-24/h4,7-8,11-12H,2-3,5-6,9-10,13-17H2,1H3. The van der Waals surface area contributed by atoms with Gasteiger partial charge in [-0.2, -0.15) is 0 Å². The Morgan fingerprint density at radius 3 is 2.79 bits per heavy atom. The van der Waals surface area contributed by atoms with Crippen LogP contribution >= 0.6 is 11.8 Å². The minimum atomic E-state index is -0.0262. The highest BCUT2D eigenvalue weighted by atomic mass is 32.2. The van der Waals surface area contributed by atoms with Crippen molar-refractivity contribution in [3.63, 3.8) is 0 Å². The van der Waals surface area contributed by atoms with Crippen molar-refractivity contribution in [1.82, 2.24) is 9.55 Å². The molecule has 28 heavy (non-hydrogen) atoms. The van der Waals surface area contributed by atoms with Crippen LogP contribution in [-0.4, -0.2) is 15.3 Å². The zero-order chi connectivity index (χ0) is 19.6. The second-order valence-corrected chi connectivity index (χ2v) is 9.19. The van der Waals surface area contributed by atoms with Crippen LogP contribution in [0.3, 0.4) is 0 Å². The Labute approximate surface area is 172 Å². The predicted molar refractivity (Wildman–Crippen MR) is 118 cm³/mol. The van der Waals surface area contributed by atoms with E-state index in [4.69, 9.17) is 4.98 Å². The number of unbranched alkanes of at least 4 members (excludes halogenated alkanes) is 1. The molecule has 0 N–H and O–H groups in total. The van der Waals surface area contributed by atoms with Gasteiger partial charge in [0.15, 0.2) is 5.16 Å². The van der Waals surface area contributed by atoms with Crippen molar-refractivity contribution in [2.75, 3.05) is 5.75 Å². The van der Waals surface area contributed by atoms with Crippen LogP contribution in [0.4, 0.5) is 0 Å². The molecule has 1 heterocycles. The largest absolute Gasteiger partial charge is 0.287 e. The highest BCUT2D eigenvalue weighted by Crippen LogP contribution is 2.48. The van der Waals surface area contributed by atoms with Crippen molar-refractivity contribution >= 4 is 11.8 Å². The number of nitrogens with zero attached hydrogens (tertiary/aromatic N) is 2. The molecule has 4 rings (SSSR count). The average molecular weight is 395 g/mol. The van der Waals surface area contributed by atoms with Gasteiger partial charge in [-0.3, -0.25) is 9.36 Å². The summed E-state index contributed by atoms with van der Waals surface area (Å²) in [6.45, 7) is 6.78. The topological polar surface area (TPSA) is 34.9 Å². The van der Waals surface area contributed by atoms with Gasteiger partial charge < -0.3 is 0 Å². The second-order valence-electron chi connectivity index (χ2n) is 8.20. The number of aromatic nitrogens is 2. The molecular formula is C24H30N2OS. The second kappa shape index (κ2) is 8.28. The molecule has 1 aromatic heterocycles. The summed E-state index contributed by atoms with van der Waals surface area (Å²) < 4.78 is 1.96. The highest BCUT2D eigenvalue weighted by Gasteiger charge is 2.43. The van der Waals surface area contributed by atoms with Crippen LogP contribution in [0.5, 0.6) is 0 Å². The molecule has 0 saturated heterocycles. The van der Waals surface area contributed by atoms with E-state index in [1.807, 2.05) is 10.6 Å². The zero-order valence-corrected chi connectivity index (χ0v) is 17.7. The van der Waals surface area contributed by atoms with Gasteiger partial charge in [-0.1, -0.05) is 74.7 Å². The summed E-state index contributed by atoms with van der Waals surface area (Å²) >= 11 is 1.63. The fraction of sp³-hybridized carbons (Fsp3) is 0.500. The smallest absolute Gasteiger partial charge is 0.258 e. The van der Waals surface area contributed by atoms with Crippen LogP contribution in [0.25, 0.3) is 11.3 Å². The third-order valence-electron chi connectivity index (χ3n) is 6.34. The first-order valence-corrected chi connectivity index (χ1v) is 11.7. The summed E-state index contributed by atoms with van der Waals surface area (Å²) in [4.78, 5) is 19.0. The van der Waals surface area contributed by atoms with Gasteiger partial charge in [0.1, 0.15) is 0 Å². The van der Waals surface area contributed by atoms with Crippen molar-refractivity contribution in [1.29, 1.82) is 0 Å². The predicted octanol–water partition coefficient (Wildman–Crippen LogP) is 5.75. The number of rotatable bonds is 6. The summed E-state index contributed by atoms with van der Waals surface area (Å²) in [6.07, 6.45) is 10.9. The van der Waals surface area contributed by atoms with E-state index in [0.717, 1.165) is 66.4 Å². The van der Waals surface area contributed by atoms with E-state index < -0.39 is 0 Å². The molecule has 1 saturated carbocycles. The zero-order valence-electron chi connectivity index (χ0n) is 16.9. The lowest BCUT2D eigenvalue weighted by Crippen LogP contribution is -2.43. The van der Waals surface area contributed by atoms with Gasteiger partial charge in [-0.05, 0) is 31.2 Å². The van der Waals surface area contributed by atoms with E-state index in [0.29, 0.717) is 0 Å². The molecule has 2 aromatic rings. The van der Waals surface area contributed by atoms with E-state index in [1.54, 1.807) is 11.8 Å². The molecule has 1 aromatic carbocycles. The SMILES string of the molecule is C=CCSc1nc2c(c(=O)n1CCCC)C1(CCCCC1)Cc1ccccc1-2. The molecule has 0 amide bonds. The number of benzene rings is 1. The minimum Gasteiger partial charge on any atom is -0.287 e. The Bertz CT molecular complexity index is 925. The van der Waals surface area contributed by atoms with Crippen molar-refractivity contribution in [2.45, 2.75) is 75.4 Å². The van der Waals surface area contributed by atoms with Crippen LogP contribution in [-0.2, 0) is 18.4 Å². The van der Waals surface area contributed by atoms with E-state index in [1.165, 1.54) is 24.8 Å². The monoisotopic (exact) mass is 394 g/mol. The molecule has 4 heteroatoms. The van der Waals surface area contributed by atoms with Crippen LogP contribution in [0.1, 0.15) is 63.0 Å². The number of fused-ring (bicyclic) bond motifs is 4. The van der Waals surface area contributed by atoms with Crippen LogP contribution < -0.4 is 5.56 Å². The van der Waals surface area contributed by atoms with Crippen molar-refractivity contribution < 1.29 is 0 Å². The van der Waals surface area contributed by atoms with Gasteiger partial charge >= 0.3 is 0 Å². The fourth-order valence-electron chi connectivity index (χ4n) is 4.98. The lowest BCUT2D eigenvalue weighted by atomic mass is 9.62. The van der Waals surface area contributed by atoms with E-state index in [2.05, 4.69) is 37.8 Å². The molecule has 0 radical (unpaired) electrons. The first-order chi connectivity index (χ1) is 13.7. The van der Waals surface area contributed by atoms with Crippen LogP contribution in [0.15, 0.2) is 46.9 Å². The van der Waals surface area contributed by atoms with E-state index in [-0.39, 0.29) is 11.0 Å². The summed E-state index contributed by atoms with van der Waals surface area (Å²) in [7, 11) is 0. The molecule has 2 aliphatic carbocycles. The average Bonchev–Trinajstić information content (AvgIpc) is 2.72. The summed E-state index contributed by atoms with van der Waals surface area (Å²) in [6, 6.07) is 8.57. The van der Waals surface area contributed by atoms with E-state index >= 15 is 0 Å². The van der Waals surface area contributed by atoms with Gasteiger partial charge in [-0.25, -0.2) is 4.98 Å². The van der Waals surface area contributed by atoms with Crippen LogP contribution in [0.2, 0.25) is 0 Å². The molecule has 148 valence electrons. The molecule has 3 nitrogen and oxygen atoms in total. The molecule has 0 atom stereocenters. The molecular weight excluding hydrogens is 364 g/mol. The number of hydrogen-bond acceptors (Lipinski definition) is 3. The summed E-state index contributed by atoms with van der Waals surface area (Å²) in [5.41, 5.74) is 4.66. The summed E-state index contributed by atoms with van der Waals surface area (Å²) in [5.74, 6) is 0.768. The van der Waals surface area contributed by atoms with E-state index in [9.17, 15) is 4.79 Å². The molecule has 2 aliphatic rings. The first-order valence-electron chi connectivity index (χ1n) is 10.7. The third kappa shape index (κ3) is 3.36. The quantitative estimate of drug-likeness (QED) is 0.356. The van der Waals surface area contributed by atoms with Gasteiger partial charge in [0.2, 0.25) is 0 Å². The lowest BCUT2D eigenvalue weighted by molar-refractivity contribution is 0.281. The molecule has 0 unspecified atom stereocenters. The maximum atomic E-state index is 13.9. The minimum absolute atomic E-state index is 0.0262. The summed E-state index contributed by atoms with van der Waals surface area (Å²) in [5, 5.41) is 0.847. The van der Waals surface area contributed by atoms with Crippen molar-refractivity contribution in [2.24, 2.45) is 0 Å². The third-order valence-corrected chi connectivity index (χ3v) is 7.31. The Hall–Kier alpha value is -1.81. The Balaban J connectivity index is 1.96. The number of hydrogen-bond donors (Lipinski definition) is 0. The number of thioether (sulfide) groups is 1. The Morgan fingerprint density at radius 2 is 2.04 bits per heavy atom.